The molecule has 0 spiro atoms. The van der Waals surface area contributed by atoms with E-state index in [1.807, 2.05) is 115 Å². The maximum atomic E-state index is 15.2. The van der Waals surface area contributed by atoms with Crippen LogP contribution in [-0.2, 0) is 9.13 Å². The number of rotatable bonds is 9. The molecular formula is C42H33O2P2S+. The Balaban J connectivity index is 1.42. The molecule has 1 unspecified atom stereocenters. The van der Waals surface area contributed by atoms with Crippen LogP contribution in [0.4, 0.5) is 0 Å². The Morgan fingerprint density at radius 3 is 1.06 bits per heavy atom. The van der Waals surface area contributed by atoms with Crippen LogP contribution in [0.25, 0.3) is 0 Å². The number of hydrogen-bond donors (Lipinski definition) is 0. The lowest BCUT2D eigenvalue weighted by atomic mass is 10.3. The van der Waals surface area contributed by atoms with Crippen molar-refractivity contribution in [2.24, 2.45) is 0 Å². The summed E-state index contributed by atoms with van der Waals surface area (Å²) >= 11 is 0. The topological polar surface area (TPSA) is 34.1 Å². The zero-order valence-corrected chi connectivity index (χ0v) is 28.3. The molecule has 7 rings (SSSR count). The maximum absolute atomic E-state index is 15.2. The van der Waals surface area contributed by atoms with Crippen molar-refractivity contribution in [3.8, 4) is 0 Å². The van der Waals surface area contributed by atoms with Crippen molar-refractivity contribution in [1.29, 1.82) is 0 Å². The highest BCUT2D eigenvalue weighted by Crippen LogP contribution is 2.73. The summed E-state index contributed by atoms with van der Waals surface area (Å²) in [5, 5.41) is 4.03. The first-order chi connectivity index (χ1) is 23.1. The molecule has 0 N–H and O–H groups in total. The summed E-state index contributed by atoms with van der Waals surface area (Å²) in [6.07, 6.45) is 0. The second-order valence-corrected chi connectivity index (χ2v) is 18.6. The van der Waals surface area contributed by atoms with Crippen LogP contribution in [-0.4, -0.2) is 0 Å². The molecule has 0 aromatic heterocycles. The molecule has 0 radical (unpaired) electrons. The summed E-state index contributed by atoms with van der Waals surface area (Å²) in [5.41, 5.74) is 0. The van der Waals surface area contributed by atoms with Crippen LogP contribution in [0.3, 0.4) is 0 Å². The monoisotopic (exact) mass is 663 g/mol. The molecule has 0 aliphatic carbocycles. The molecule has 0 heterocycles. The molecule has 0 aliphatic heterocycles. The molecule has 2 nitrogen and oxygen atoms in total. The molecule has 0 aliphatic rings. The molecule has 228 valence electrons. The lowest BCUT2D eigenvalue weighted by molar-refractivity contribution is 0.592. The van der Waals surface area contributed by atoms with Gasteiger partial charge in [0, 0.05) is 35.5 Å². The summed E-state index contributed by atoms with van der Waals surface area (Å²) < 4.78 is 28.7. The summed E-state index contributed by atoms with van der Waals surface area (Å²) in [7, 11) is -6.84. The molecule has 0 fully saturated rings. The van der Waals surface area contributed by atoms with Gasteiger partial charge in [-0.3, -0.25) is 0 Å². The third kappa shape index (κ3) is 5.73. The molecule has 0 amide bonds. The summed E-state index contributed by atoms with van der Waals surface area (Å²) in [5.74, 6) is 0. The molecule has 0 saturated heterocycles. The second kappa shape index (κ2) is 13.5. The molecule has 0 bridgehead atoms. The highest BCUT2D eigenvalue weighted by Gasteiger charge is 2.36. The van der Waals surface area contributed by atoms with Gasteiger partial charge < -0.3 is 4.57 Å². The Labute approximate surface area is 279 Å². The summed E-state index contributed by atoms with van der Waals surface area (Å²) in [6, 6.07) is 67.3. The average molecular weight is 664 g/mol. The lowest BCUT2D eigenvalue weighted by Crippen LogP contribution is -2.25. The summed E-state index contributed by atoms with van der Waals surface area (Å²) in [6.45, 7) is 0. The molecule has 47 heavy (non-hydrogen) atoms. The van der Waals surface area contributed by atoms with Gasteiger partial charge in [-0.25, -0.2) is 0 Å². The van der Waals surface area contributed by atoms with Gasteiger partial charge in [-0.05, 0) is 84.9 Å². The van der Waals surface area contributed by atoms with E-state index in [0.29, 0.717) is 0 Å². The van der Waals surface area contributed by atoms with E-state index >= 15 is 4.57 Å². The molecular weight excluding hydrogens is 630 g/mol. The van der Waals surface area contributed by atoms with E-state index in [2.05, 4.69) is 84.9 Å². The Bertz CT molecular complexity index is 2060. The third-order valence-corrected chi connectivity index (χ3v) is 16.9. The SMILES string of the molecule is O=[P+](c1ccccc1)c1ccc(S(c2ccccc2)(c2ccccc2)c2ccc(P(=O)(c3ccccc3)c3ccccc3)cc2)cc1. The largest absolute Gasteiger partial charge is 0.415 e. The van der Waals surface area contributed by atoms with Crippen LogP contribution in [0.2, 0.25) is 0 Å². The van der Waals surface area contributed by atoms with Gasteiger partial charge in [0.15, 0.2) is 17.8 Å². The van der Waals surface area contributed by atoms with Gasteiger partial charge in [-0.15, -0.1) is 10.0 Å². The fraction of sp³-hybridized carbons (Fsp3) is 0. The molecule has 7 aromatic carbocycles. The zero-order chi connectivity index (χ0) is 32.1. The van der Waals surface area contributed by atoms with Crippen LogP contribution in [0, 0.1) is 0 Å². The fourth-order valence-corrected chi connectivity index (χ4v) is 13.8. The smallest absolute Gasteiger partial charge is 0.309 e. The van der Waals surface area contributed by atoms with Crippen molar-refractivity contribution >= 4 is 51.5 Å². The van der Waals surface area contributed by atoms with Crippen molar-refractivity contribution in [2.45, 2.75) is 19.6 Å². The van der Waals surface area contributed by atoms with E-state index < -0.39 is 25.0 Å². The Kier molecular flexibility index (Phi) is 8.88. The van der Waals surface area contributed by atoms with Gasteiger partial charge in [-0.2, -0.15) is 0 Å². The Morgan fingerprint density at radius 2 is 0.638 bits per heavy atom. The highest BCUT2D eigenvalue weighted by atomic mass is 32.3. The minimum Gasteiger partial charge on any atom is -0.309 e. The van der Waals surface area contributed by atoms with Gasteiger partial charge in [-0.1, -0.05) is 120 Å². The molecule has 7 aromatic rings. The molecule has 5 heteroatoms. The fourth-order valence-electron chi connectivity index (χ4n) is 6.15. The second-order valence-electron chi connectivity index (χ2n) is 11.1. The van der Waals surface area contributed by atoms with E-state index in [-0.39, 0.29) is 0 Å². The van der Waals surface area contributed by atoms with Crippen LogP contribution in [0.5, 0.6) is 0 Å². The molecule has 1 atom stereocenters. The van der Waals surface area contributed by atoms with Crippen molar-refractivity contribution in [3.05, 3.63) is 200 Å². The maximum Gasteiger partial charge on any atom is 0.415 e. The van der Waals surface area contributed by atoms with Crippen LogP contribution in [0.15, 0.2) is 220 Å². The normalized spacial score (nSPS) is 12.3. The van der Waals surface area contributed by atoms with Gasteiger partial charge in [0.25, 0.3) is 0 Å². The Hall–Kier alpha value is -4.78. The Morgan fingerprint density at radius 1 is 0.340 bits per heavy atom. The minimum absolute atomic E-state index is 0.795. The van der Waals surface area contributed by atoms with Gasteiger partial charge in [0.1, 0.15) is 0 Å². The first kappa shape index (κ1) is 30.9. The van der Waals surface area contributed by atoms with Crippen molar-refractivity contribution in [1.82, 2.24) is 0 Å². The van der Waals surface area contributed by atoms with Crippen LogP contribution >= 0.6 is 25.0 Å². The van der Waals surface area contributed by atoms with Gasteiger partial charge in [0.05, 0.1) is 0 Å². The first-order valence-electron chi connectivity index (χ1n) is 15.5. The zero-order valence-electron chi connectivity index (χ0n) is 25.7. The quantitative estimate of drug-likeness (QED) is 0.144. The van der Waals surface area contributed by atoms with Crippen molar-refractivity contribution in [2.75, 3.05) is 0 Å². The average Bonchev–Trinajstić information content (AvgIpc) is 3.17. The predicted molar refractivity (Wildman–Crippen MR) is 199 cm³/mol. The summed E-state index contributed by atoms with van der Waals surface area (Å²) in [4.78, 5) is 4.64. The van der Waals surface area contributed by atoms with E-state index in [1.54, 1.807) is 0 Å². The predicted octanol–water partition coefficient (Wildman–Crippen LogP) is 9.45. The standard InChI is InChI=1S/C42H33O2P2S/c43-45(34-16-6-1-7-17-34)35-26-30-41(31-27-35)47(39-22-12-4-13-23-39,40-24-14-5-15-25-40)42-32-28-38(29-33-42)46(44,36-18-8-2-9-19-36)37-20-10-3-11-21-37/h1-33H/q+1. The van der Waals surface area contributed by atoms with E-state index in [0.717, 1.165) is 36.3 Å². The third-order valence-electron chi connectivity index (χ3n) is 8.40. The van der Waals surface area contributed by atoms with Gasteiger partial charge >= 0.3 is 7.80 Å². The van der Waals surface area contributed by atoms with E-state index in [9.17, 15) is 4.57 Å². The van der Waals surface area contributed by atoms with Gasteiger partial charge in [0.2, 0.25) is 0 Å². The number of benzene rings is 7. The van der Waals surface area contributed by atoms with Crippen LogP contribution < -0.4 is 26.5 Å². The van der Waals surface area contributed by atoms with E-state index in [4.69, 9.17) is 0 Å². The first-order valence-corrected chi connectivity index (χ1v) is 20.1. The van der Waals surface area contributed by atoms with E-state index in [1.165, 1.54) is 9.79 Å². The van der Waals surface area contributed by atoms with Crippen molar-refractivity contribution < 1.29 is 9.13 Å². The highest BCUT2D eigenvalue weighted by molar-refractivity contribution is 8.34. The van der Waals surface area contributed by atoms with Crippen LogP contribution in [0.1, 0.15) is 0 Å². The minimum atomic E-state index is -3.13. The van der Waals surface area contributed by atoms with Crippen molar-refractivity contribution in [3.63, 3.8) is 0 Å². The lowest BCUT2D eigenvalue weighted by Gasteiger charge is -2.42. The molecule has 0 saturated carbocycles. The number of hydrogen-bond acceptors (Lipinski definition) is 2.